The first kappa shape index (κ1) is 14.1. The van der Waals surface area contributed by atoms with Crippen molar-refractivity contribution in [3.63, 3.8) is 0 Å². The number of nitro benzene ring substituents is 1. The van der Waals surface area contributed by atoms with Gasteiger partial charge in [-0.25, -0.2) is 0 Å². The average Bonchev–Trinajstić information content (AvgIpc) is 2.46. The molecule has 1 amide bonds. The fourth-order valence-electron chi connectivity index (χ4n) is 2.44. The zero-order valence-corrected chi connectivity index (χ0v) is 11.5. The van der Waals surface area contributed by atoms with Crippen molar-refractivity contribution in [2.24, 2.45) is 0 Å². The van der Waals surface area contributed by atoms with Crippen molar-refractivity contribution >= 4 is 23.0 Å². The van der Waals surface area contributed by atoms with Crippen LogP contribution in [0.5, 0.6) is 0 Å². The molecule has 1 saturated heterocycles. The van der Waals surface area contributed by atoms with Gasteiger partial charge < -0.3 is 15.5 Å². The molecule has 0 aromatic heterocycles. The standard InChI is InChI=1S/C13H18N4O3/c1-3-12-13(18)15-4-5-16(12)10-6-9(14-2)7-11(8-10)17(19)20/h6-8,12,14H,3-5H2,1-2H3,(H,15,18). The minimum atomic E-state index is -0.421. The van der Waals surface area contributed by atoms with Gasteiger partial charge in [-0.2, -0.15) is 0 Å². The van der Waals surface area contributed by atoms with E-state index in [0.717, 1.165) is 0 Å². The van der Waals surface area contributed by atoms with Crippen LogP contribution in [-0.4, -0.2) is 37.0 Å². The van der Waals surface area contributed by atoms with Gasteiger partial charge in [0.25, 0.3) is 5.69 Å². The smallest absolute Gasteiger partial charge is 0.273 e. The lowest BCUT2D eigenvalue weighted by Gasteiger charge is -2.36. The van der Waals surface area contributed by atoms with Gasteiger partial charge in [0, 0.05) is 43.6 Å². The van der Waals surface area contributed by atoms with Crippen LogP contribution < -0.4 is 15.5 Å². The molecule has 0 aliphatic carbocycles. The van der Waals surface area contributed by atoms with Crippen LogP contribution in [0.2, 0.25) is 0 Å². The maximum atomic E-state index is 11.9. The topological polar surface area (TPSA) is 87.5 Å². The van der Waals surface area contributed by atoms with E-state index in [9.17, 15) is 14.9 Å². The van der Waals surface area contributed by atoms with E-state index >= 15 is 0 Å². The van der Waals surface area contributed by atoms with Crippen molar-refractivity contribution in [2.45, 2.75) is 19.4 Å². The van der Waals surface area contributed by atoms with Crippen molar-refractivity contribution in [3.05, 3.63) is 28.3 Å². The first-order chi connectivity index (χ1) is 9.56. The van der Waals surface area contributed by atoms with Crippen molar-refractivity contribution in [2.75, 3.05) is 30.4 Å². The molecule has 108 valence electrons. The molecular weight excluding hydrogens is 260 g/mol. The third-order valence-corrected chi connectivity index (χ3v) is 3.45. The van der Waals surface area contributed by atoms with Gasteiger partial charge in [-0.1, -0.05) is 6.92 Å². The lowest BCUT2D eigenvalue weighted by atomic mass is 10.1. The second-order valence-electron chi connectivity index (χ2n) is 4.65. The lowest BCUT2D eigenvalue weighted by molar-refractivity contribution is -0.384. The van der Waals surface area contributed by atoms with Crippen molar-refractivity contribution < 1.29 is 9.72 Å². The Morgan fingerprint density at radius 1 is 1.50 bits per heavy atom. The highest BCUT2D eigenvalue weighted by molar-refractivity contribution is 5.87. The quantitative estimate of drug-likeness (QED) is 0.641. The van der Waals surface area contributed by atoms with Gasteiger partial charge in [-0.05, 0) is 12.5 Å². The summed E-state index contributed by atoms with van der Waals surface area (Å²) in [5, 5.41) is 16.7. The zero-order valence-electron chi connectivity index (χ0n) is 11.5. The highest BCUT2D eigenvalue weighted by Crippen LogP contribution is 2.29. The normalized spacial score (nSPS) is 18.6. The number of piperazine rings is 1. The summed E-state index contributed by atoms with van der Waals surface area (Å²) in [6.07, 6.45) is 0.656. The molecule has 1 aliphatic heterocycles. The van der Waals surface area contributed by atoms with Gasteiger partial charge in [-0.15, -0.1) is 0 Å². The predicted molar refractivity (Wildman–Crippen MR) is 77.1 cm³/mol. The van der Waals surface area contributed by atoms with Crippen LogP contribution in [0, 0.1) is 10.1 Å². The first-order valence-electron chi connectivity index (χ1n) is 6.58. The number of carbonyl (C=O) groups excluding carboxylic acids is 1. The van der Waals surface area contributed by atoms with Crippen molar-refractivity contribution in [3.8, 4) is 0 Å². The molecule has 0 bridgehead atoms. The van der Waals surface area contributed by atoms with E-state index in [2.05, 4.69) is 10.6 Å². The molecular formula is C13H18N4O3. The van der Waals surface area contributed by atoms with Gasteiger partial charge in [0.1, 0.15) is 6.04 Å². The molecule has 1 aromatic rings. The van der Waals surface area contributed by atoms with Crippen LogP contribution in [0.4, 0.5) is 17.1 Å². The molecule has 2 N–H and O–H groups in total. The summed E-state index contributed by atoms with van der Waals surface area (Å²) in [5.74, 6) is -0.0312. The summed E-state index contributed by atoms with van der Waals surface area (Å²) in [5.41, 5.74) is 1.38. The maximum Gasteiger partial charge on any atom is 0.273 e. The van der Waals surface area contributed by atoms with Crippen LogP contribution in [0.15, 0.2) is 18.2 Å². The molecule has 1 fully saturated rings. The maximum absolute atomic E-state index is 11.9. The minimum absolute atomic E-state index is 0.0210. The van der Waals surface area contributed by atoms with E-state index in [1.165, 1.54) is 12.1 Å². The summed E-state index contributed by atoms with van der Waals surface area (Å²) in [6, 6.07) is 4.54. The van der Waals surface area contributed by atoms with Crippen LogP contribution in [0.25, 0.3) is 0 Å². The van der Waals surface area contributed by atoms with Crippen LogP contribution in [0.1, 0.15) is 13.3 Å². The third-order valence-electron chi connectivity index (χ3n) is 3.45. The van der Waals surface area contributed by atoms with E-state index in [0.29, 0.717) is 30.9 Å². The number of rotatable bonds is 4. The monoisotopic (exact) mass is 278 g/mol. The Bertz CT molecular complexity index is 532. The fraction of sp³-hybridized carbons (Fsp3) is 0.462. The lowest BCUT2D eigenvalue weighted by Crippen LogP contribution is -2.55. The Morgan fingerprint density at radius 3 is 2.85 bits per heavy atom. The molecule has 1 aromatic carbocycles. The Hall–Kier alpha value is -2.31. The molecule has 2 rings (SSSR count). The Labute approximate surface area is 117 Å². The first-order valence-corrected chi connectivity index (χ1v) is 6.58. The predicted octanol–water partition coefficient (Wildman–Crippen LogP) is 1.35. The van der Waals surface area contributed by atoms with Gasteiger partial charge in [-0.3, -0.25) is 14.9 Å². The zero-order chi connectivity index (χ0) is 14.7. The van der Waals surface area contributed by atoms with Crippen LogP contribution in [-0.2, 0) is 4.79 Å². The van der Waals surface area contributed by atoms with Gasteiger partial charge in [0.15, 0.2) is 0 Å². The number of anilines is 2. The van der Waals surface area contributed by atoms with E-state index in [4.69, 9.17) is 0 Å². The second kappa shape index (κ2) is 5.77. The molecule has 20 heavy (non-hydrogen) atoms. The molecule has 1 heterocycles. The van der Waals surface area contributed by atoms with Crippen molar-refractivity contribution in [1.82, 2.24) is 5.32 Å². The number of non-ortho nitro benzene ring substituents is 1. The third kappa shape index (κ3) is 2.66. The molecule has 1 unspecified atom stereocenters. The molecule has 0 saturated carbocycles. The average molecular weight is 278 g/mol. The number of hydrogen-bond donors (Lipinski definition) is 2. The largest absolute Gasteiger partial charge is 0.388 e. The number of benzene rings is 1. The minimum Gasteiger partial charge on any atom is -0.388 e. The summed E-state index contributed by atoms with van der Waals surface area (Å²) >= 11 is 0. The van der Waals surface area contributed by atoms with E-state index < -0.39 is 4.92 Å². The Balaban J connectivity index is 2.42. The molecule has 0 spiro atoms. The van der Waals surface area contributed by atoms with Gasteiger partial charge >= 0.3 is 0 Å². The summed E-state index contributed by atoms with van der Waals surface area (Å²) in [4.78, 5) is 24.4. The molecule has 1 atom stereocenters. The summed E-state index contributed by atoms with van der Waals surface area (Å²) in [6.45, 7) is 3.13. The van der Waals surface area contributed by atoms with Gasteiger partial charge in [0.05, 0.1) is 4.92 Å². The SMILES string of the molecule is CCC1C(=O)NCCN1c1cc(NC)cc([N+](=O)[O-])c1. The molecule has 7 heteroatoms. The number of nitrogens with one attached hydrogen (secondary N) is 2. The number of nitro groups is 1. The van der Waals surface area contributed by atoms with Crippen LogP contribution in [0.3, 0.4) is 0 Å². The van der Waals surface area contributed by atoms with E-state index in [-0.39, 0.29) is 17.6 Å². The van der Waals surface area contributed by atoms with Crippen LogP contribution >= 0.6 is 0 Å². The molecule has 7 nitrogen and oxygen atoms in total. The number of amides is 1. The number of hydrogen-bond acceptors (Lipinski definition) is 5. The fourth-order valence-corrected chi connectivity index (χ4v) is 2.44. The molecule has 0 radical (unpaired) electrons. The molecule has 1 aliphatic rings. The Kier molecular flexibility index (Phi) is 4.07. The number of nitrogens with zero attached hydrogens (tertiary/aromatic N) is 2. The van der Waals surface area contributed by atoms with Gasteiger partial charge in [0.2, 0.25) is 5.91 Å². The number of carbonyl (C=O) groups is 1. The van der Waals surface area contributed by atoms with E-state index in [1.807, 2.05) is 17.9 Å². The second-order valence-corrected chi connectivity index (χ2v) is 4.65. The van der Waals surface area contributed by atoms with E-state index in [1.54, 1.807) is 7.05 Å². The van der Waals surface area contributed by atoms with Crippen molar-refractivity contribution in [1.29, 1.82) is 0 Å². The summed E-state index contributed by atoms with van der Waals surface area (Å²) in [7, 11) is 1.71. The summed E-state index contributed by atoms with van der Waals surface area (Å²) < 4.78 is 0. The Morgan fingerprint density at radius 2 is 2.25 bits per heavy atom. The highest BCUT2D eigenvalue weighted by atomic mass is 16.6. The highest BCUT2D eigenvalue weighted by Gasteiger charge is 2.29.